The van der Waals surface area contributed by atoms with Gasteiger partial charge in [0.25, 0.3) is 0 Å². The van der Waals surface area contributed by atoms with Crippen LogP contribution in [0.15, 0.2) is 56.3 Å². The molecule has 0 radical (unpaired) electrons. The third kappa shape index (κ3) is 5.23. The average molecular weight is 605 g/mol. The zero-order chi connectivity index (χ0) is 31.1. The Morgan fingerprint density at radius 2 is 2.05 bits per heavy atom. The zero-order valence-electron chi connectivity index (χ0n) is 24.8. The quantitative estimate of drug-likeness (QED) is 0.347. The van der Waals surface area contributed by atoms with Gasteiger partial charge >= 0.3 is 11.6 Å². The molecule has 5 heterocycles. The Hall–Kier alpha value is -4.58. The molecule has 10 nitrogen and oxygen atoms in total. The van der Waals surface area contributed by atoms with Crippen molar-refractivity contribution in [3.8, 4) is 23.1 Å². The Balaban J connectivity index is 0.000000323. The van der Waals surface area contributed by atoms with Gasteiger partial charge in [-0.25, -0.2) is 13.6 Å². The number of aromatic nitrogens is 2. The van der Waals surface area contributed by atoms with E-state index in [2.05, 4.69) is 19.9 Å². The van der Waals surface area contributed by atoms with Crippen molar-refractivity contribution in [3.63, 3.8) is 0 Å². The molecule has 0 amide bonds. The van der Waals surface area contributed by atoms with Gasteiger partial charge in [-0.15, -0.1) is 0 Å². The highest BCUT2D eigenvalue weighted by Crippen LogP contribution is 2.38. The van der Waals surface area contributed by atoms with Gasteiger partial charge in [0.05, 0.1) is 24.9 Å². The zero-order valence-corrected chi connectivity index (χ0v) is 24.8. The number of hydrogen-bond acceptors (Lipinski definition) is 10. The van der Waals surface area contributed by atoms with Crippen molar-refractivity contribution in [3.05, 3.63) is 63.9 Å². The largest absolute Gasteiger partial charge is 0.508 e. The van der Waals surface area contributed by atoms with Crippen molar-refractivity contribution in [2.45, 2.75) is 38.4 Å². The second-order valence-corrected chi connectivity index (χ2v) is 11.3. The first-order valence-electron chi connectivity index (χ1n) is 14.5. The minimum absolute atomic E-state index is 0.0549. The number of phenolic OH excluding ortho intramolecular Hbond substituents is 1. The van der Waals surface area contributed by atoms with Crippen molar-refractivity contribution < 1.29 is 23.0 Å². The molecule has 2 unspecified atom stereocenters. The van der Waals surface area contributed by atoms with E-state index in [0.717, 1.165) is 24.3 Å². The van der Waals surface area contributed by atoms with E-state index in [1.165, 1.54) is 44.4 Å². The Morgan fingerprint density at radius 3 is 2.75 bits per heavy atom. The number of benzene rings is 2. The van der Waals surface area contributed by atoms with Crippen molar-refractivity contribution in [2.75, 3.05) is 45.2 Å². The lowest BCUT2D eigenvalue weighted by Gasteiger charge is -2.19. The summed E-state index contributed by atoms with van der Waals surface area (Å²) < 4.78 is 38.5. The molecule has 4 aromatic rings. The van der Waals surface area contributed by atoms with E-state index >= 15 is 0 Å². The highest BCUT2D eigenvalue weighted by atomic mass is 19.1. The standard InChI is InChI=1S/C25H22FN5O4.C7H12FN/c1-12-21-20(23(30-25(29-21)34-3)31-10-14(9-27)18(11-31)28-2)24(33)35-22(12)16-8-15(32)7-13-5-4-6-17(26)19(13)16;8-6-4-7-2-1-3-9(7)5-6/h4-9,32H,10-11,27H2,1-3H3;6-7H,1-5H2/b14-9-,28-18?;. The molecule has 12 heteroatoms. The van der Waals surface area contributed by atoms with Crippen LogP contribution in [0.4, 0.5) is 14.6 Å². The summed E-state index contributed by atoms with van der Waals surface area (Å²) in [5.74, 6) is -0.184. The summed E-state index contributed by atoms with van der Waals surface area (Å²) in [6.45, 7) is 4.34. The molecule has 230 valence electrons. The minimum Gasteiger partial charge on any atom is -0.508 e. The van der Waals surface area contributed by atoms with Gasteiger partial charge < -0.3 is 24.9 Å². The summed E-state index contributed by atoms with van der Waals surface area (Å²) in [4.78, 5) is 30.6. The molecule has 44 heavy (non-hydrogen) atoms. The van der Waals surface area contributed by atoms with E-state index in [1.807, 2.05) is 4.90 Å². The molecule has 0 spiro atoms. The van der Waals surface area contributed by atoms with Crippen LogP contribution in [-0.4, -0.2) is 78.2 Å². The van der Waals surface area contributed by atoms with Crippen LogP contribution in [0.3, 0.4) is 0 Å². The average Bonchev–Trinajstić information content (AvgIpc) is 3.73. The molecule has 7 rings (SSSR count). The maximum Gasteiger partial charge on any atom is 0.349 e. The van der Waals surface area contributed by atoms with E-state index in [-0.39, 0.29) is 33.9 Å². The number of ether oxygens (including phenoxy) is 1. The Bertz CT molecular complexity index is 1840. The lowest BCUT2D eigenvalue weighted by molar-refractivity contribution is 0.292. The van der Waals surface area contributed by atoms with E-state index in [4.69, 9.17) is 14.9 Å². The second kappa shape index (κ2) is 11.8. The number of hydrogen-bond donors (Lipinski definition) is 2. The number of methoxy groups -OCH3 is 1. The molecule has 0 saturated carbocycles. The Morgan fingerprint density at radius 1 is 1.23 bits per heavy atom. The smallest absolute Gasteiger partial charge is 0.349 e. The maximum atomic E-state index is 14.9. The van der Waals surface area contributed by atoms with E-state index < -0.39 is 17.6 Å². The third-order valence-electron chi connectivity index (χ3n) is 8.60. The Kier molecular flexibility index (Phi) is 7.93. The second-order valence-electron chi connectivity index (χ2n) is 11.3. The fourth-order valence-corrected chi connectivity index (χ4v) is 6.51. The molecule has 2 aromatic carbocycles. The normalized spacial score (nSPS) is 21.8. The summed E-state index contributed by atoms with van der Waals surface area (Å²) in [7, 11) is 3.10. The van der Waals surface area contributed by atoms with Crippen LogP contribution >= 0.6 is 0 Å². The van der Waals surface area contributed by atoms with Gasteiger partial charge in [0.1, 0.15) is 28.9 Å². The number of rotatable bonds is 3. The van der Waals surface area contributed by atoms with Crippen LogP contribution in [0.1, 0.15) is 24.8 Å². The van der Waals surface area contributed by atoms with Crippen LogP contribution in [0.2, 0.25) is 0 Å². The van der Waals surface area contributed by atoms with Crippen LogP contribution in [-0.2, 0) is 0 Å². The lowest BCUT2D eigenvalue weighted by atomic mass is 9.98. The number of halogens is 2. The number of alkyl halides is 1. The van der Waals surface area contributed by atoms with Gasteiger partial charge in [0.2, 0.25) is 0 Å². The van der Waals surface area contributed by atoms with Gasteiger partial charge in [-0.2, -0.15) is 9.97 Å². The maximum absolute atomic E-state index is 14.9. The van der Waals surface area contributed by atoms with Crippen LogP contribution in [0, 0.1) is 12.7 Å². The first-order chi connectivity index (χ1) is 21.2. The first kappa shape index (κ1) is 29.5. The van der Waals surface area contributed by atoms with Gasteiger partial charge in [-0.1, -0.05) is 12.1 Å². The summed E-state index contributed by atoms with van der Waals surface area (Å²) in [5.41, 5.74) is 7.65. The van der Waals surface area contributed by atoms with Gasteiger partial charge in [0.15, 0.2) is 5.82 Å². The lowest BCUT2D eigenvalue weighted by Crippen LogP contribution is -2.24. The highest BCUT2D eigenvalue weighted by molar-refractivity contribution is 6.08. The SMILES string of the molecule is CN=C1CN(c2nc(OC)nc3c(C)c(-c4cc(O)cc5cccc(F)c45)oc(=O)c23)C/C1=C/N.FC1CC2CCCN2C1. The van der Waals surface area contributed by atoms with Crippen molar-refractivity contribution in [1.29, 1.82) is 0 Å². The van der Waals surface area contributed by atoms with Crippen LogP contribution in [0.25, 0.3) is 33.0 Å². The number of aryl methyl sites for hydroxylation is 1. The van der Waals surface area contributed by atoms with E-state index in [1.54, 1.807) is 26.1 Å². The topological polar surface area (TPSA) is 130 Å². The molecule has 3 saturated heterocycles. The highest BCUT2D eigenvalue weighted by Gasteiger charge is 2.35. The van der Waals surface area contributed by atoms with Gasteiger partial charge in [0, 0.05) is 54.5 Å². The minimum atomic E-state index is -0.703. The van der Waals surface area contributed by atoms with Crippen LogP contribution in [0.5, 0.6) is 11.8 Å². The number of aliphatic imine (C=N–C) groups is 1. The predicted molar refractivity (Wildman–Crippen MR) is 166 cm³/mol. The molecular weight excluding hydrogens is 570 g/mol. The fourth-order valence-electron chi connectivity index (χ4n) is 6.51. The van der Waals surface area contributed by atoms with Gasteiger partial charge in [-0.3, -0.25) is 9.89 Å². The molecule has 3 aliphatic heterocycles. The number of nitrogens with zero attached hydrogens (tertiary/aromatic N) is 5. The van der Waals surface area contributed by atoms with Crippen LogP contribution < -0.4 is 21.0 Å². The molecule has 0 bridgehead atoms. The fraction of sp³-hybridized carbons (Fsp3) is 0.375. The summed E-state index contributed by atoms with van der Waals surface area (Å²) >= 11 is 0. The molecule has 2 aromatic heterocycles. The molecular formula is C32H34F2N6O4. The number of anilines is 1. The molecule has 3 N–H and O–H groups in total. The number of aromatic hydroxyl groups is 1. The summed E-state index contributed by atoms with van der Waals surface area (Å²) in [6, 6.07) is 8.00. The molecule has 3 fully saturated rings. The first-order valence-corrected chi connectivity index (χ1v) is 14.5. The molecule has 0 aliphatic carbocycles. The number of fused-ring (bicyclic) bond motifs is 3. The summed E-state index contributed by atoms with van der Waals surface area (Å²) in [6.07, 6.45) is 4.30. The van der Waals surface area contributed by atoms with Gasteiger partial charge in [-0.05, 0) is 56.3 Å². The van der Waals surface area contributed by atoms with E-state index in [0.29, 0.717) is 48.0 Å². The third-order valence-corrected chi connectivity index (χ3v) is 8.60. The number of phenols is 1. The van der Waals surface area contributed by atoms with Crippen molar-refractivity contribution >= 4 is 33.2 Å². The molecule has 3 aliphatic rings. The number of nitrogens with two attached hydrogens (primary N) is 1. The predicted octanol–water partition coefficient (Wildman–Crippen LogP) is 4.49. The molecule has 2 atom stereocenters. The van der Waals surface area contributed by atoms with Crippen molar-refractivity contribution in [1.82, 2.24) is 14.9 Å². The Labute approximate surface area is 252 Å². The van der Waals surface area contributed by atoms with Crippen molar-refractivity contribution in [2.24, 2.45) is 10.7 Å². The summed E-state index contributed by atoms with van der Waals surface area (Å²) in [5, 5.41) is 11.1. The monoisotopic (exact) mass is 604 g/mol. The van der Waals surface area contributed by atoms with E-state index in [9.17, 15) is 18.7 Å².